The van der Waals surface area contributed by atoms with Crippen LogP contribution in [0.3, 0.4) is 0 Å². The van der Waals surface area contributed by atoms with Gasteiger partial charge in [-0.2, -0.15) is 0 Å². The molecule has 1 heterocycles. The average Bonchev–Trinajstić information content (AvgIpc) is 2.43. The molecule has 0 radical (unpaired) electrons. The lowest BCUT2D eigenvalue weighted by Crippen LogP contribution is -2.45. The molecule has 96 valence electrons. The Hall–Kier alpha value is -0.120. The summed E-state index contributed by atoms with van der Waals surface area (Å²) < 4.78 is 6.03. The maximum atomic E-state index is 10.3. The zero-order chi connectivity index (χ0) is 12.5. The third kappa shape index (κ3) is 2.96. The molecule has 0 aromatic heterocycles. The molecule has 1 rings (SSSR count). The normalized spacial score (nSPS) is 35.6. The molecule has 3 heteroatoms. The van der Waals surface area contributed by atoms with E-state index in [0.29, 0.717) is 11.8 Å². The first-order valence-corrected chi connectivity index (χ1v) is 6.34. The largest absolute Gasteiger partial charge is 0.389 e. The van der Waals surface area contributed by atoms with Gasteiger partial charge in [0.25, 0.3) is 0 Å². The lowest BCUT2D eigenvalue weighted by Gasteiger charge is -2.29. The van der Waals surface area contributed by atoms with E-state index in [-0.39, 0.29) is 24.4 Å². The highest BCUT2D eigenvalue weighted by atomic mass is 16.5. The Morgan fingerprint density at radius 3 is 2.06 bits per heavy atom. The number of hydrogen-bond acceptors (Lipinski definition) is 3. The van der Waals surface area contributed by atoms with Crippen LogP contribution >= 0.6 is 0 Å². The highest BCUT2D eigenvalue weighted by molar-refractivity contribution is 4.96. The first kappa shape index (κ1) is 13.9. The van der Waals surface area contributed by atoms with Crippen molar-refractivity contribution >= 4 is 0 Å². The van der Waals surface area contributed by atoms with E-state index in [9.17, 15) is 5.11 Å². The third-order valence-corrected chi connectivity index (χ3v) is 3.36. The second-order valence-corrected chi connectivity index (χ2v) is 5.96. The van der Waals surface area contributed by atoms with Crippen LogP contribution in [0.1, 0.15) is 34.1 Å². The van der Waals surface area contributed by atoms with Crippen LogP contribution in [-0.2, 0) is 4.74 Å². The number of aliphatic hydroxyl groups excluding tert-OH is 1. The Morgan fingerprint density at radius 1 is 1.19 bits per heavy atom. The third-order valence-electron chi connectivity index (χ3n) is 3.36. The van der Waals surface area contributed by atoms with Crippen molar-refractivity contribution in [3.8, 4) is 0 Å². The molecular weight excluding hydrogens is 202 g/mol. The Labute approximate surface area is 99.8 Å². The van der Waals surface area contributed by atoms with E-state index in [4.69, 9.17) is 4.74 Å². The molecule has 3 nitrogen and oxygen atoms in total. The number of hydrogen-bond donors (Lipinski definition) is 1. The van der Waals surface area contributed by atoms with Crippen LogP contribution in [0.4, 0.5) is 0 Å². The van der Waals surface area contributed by atoms with Crippen LogP contribution < -0.4 is 0 Å². The van der Waals surface area contributed by atoms with Crippen LogP contribution in [0.5, 0.6) is 0 Å². The highest BCUT2D eigenvalue weighted by Gasteiger charge is 2.45. The predicted octanol–water partition coefficient (Wildman–Crippen LogP) is 1.75. The molecule has 1 saturated heterocycles. The van der Waals surface area contributed by atoms with Gasteiger partial charge in [0, 0.05) is 0 Å². The van der Waals surface area contributed by atoms with Crippen molar-refractivity contribution in [3.05, 3.63) is 0 Å². The minimum Gasteiger partial charge on any atom is -0.389 e. The monoisotopic (exact) mass is 229 g/mol. The molecule has 0 saturated carbocycles. The molecule has 0 bridgehead atoms. The first-order valence-electron chi connectivity index (χ1n) is 6.34. The Balaban J connectivity index is 2.74. The topological polar surface area (TPSA) is 32.7 Å². The lowest BCUT2D eigenvalue weighted by atomic mass is 9.93. The molecule has 0 unspecified atom stereocenters. The minimum atomic E-state index is -0.357. The van der Waals surface area contributed by atoms with Gasteiger partial charge < -0.3 is 14.7 Å². The van der Waals surface area contributed by atoms with Crippen molar-refractivity contribution in [1.29, 1.82) is 0 Å². The molecule has 0 spiro atoms. The predicted molar refractivity (Wildman–Crippen MR) is 66.4 cm³/mol. The van der Waals surface area contributed by atoms with Gasteiger partial charge in [-0.1, -0.05) is 27.7 Å². The molecule has 1 aliphatic rings. The average molecular weight is 229 g/mol. The van der Waals surface area contributed by atoms with Gasteiger partial charge in [0.1, 0.15) is 0 Å². The molecule has 1 fully saturated rings. The van der Waals surface area contributed by atoms with E-state index >= 15 is 0 Å². The highest BCUT2D eigenvalue weighted by Crippen LogP contribution is 2.32. The van der Waals surface area contributed by atoms with Crippen LogP contribution in [-0.4, -0.2) is 48.5 Å². The molecule has 1 N–H and O–H groups in total. The van der Waals surface area contributed by atoms with E-state index in [1.165, 1.54) is 0 Å². The van der Waals surface area contributed by atoms with E-state index in [2.05, 4.69) is 32.6 Å². The fourth-order valence-corrected chi connectivity index (χ4v) is 2.59. The van der Waals surface area contributed by atoms with Crippen molar-refractivity contribution < 1.29 is 9.84 Å². The van der Waals surface area contributed by atoms with Crippen LogP contribution in [0.25, 0.3) is 0 Å². The van der Waals surface area contributed by atoms with Gasteiger partial charge >= 0.3 is 0 Å². The van der Waals surface area contributed by atoms with E-state index in [1.807, 2.05) is 14.1 Å². The summed E-state index contributed by atoms with van der Waals surface area (Å²) in [7, 11) is 4.04. The lowest BCUT2D eigenvalue weighted by molar-refractivity contribution is -0.0176. The van der Waals surface area contributed by atoms with Crippen LogP contribution in [0.15, 0.2) is 0 Å². The van der Waals surface area contributed by atoms with Gasteiger partial charge in [0.2, 0.25) is 0 Å². The van der Waals surface area contributed by atoms with Crippen molar-refractivity contribution in [1.82, 2.24) is 4.90 Å². The second kappa shape index (κ2) is 5.48. The number of ether oxygens (including phenoxy) is 1. The van der Waals surface area contributed by atoms with Crippen molar-refractivity contribution in [2.24, 2.45) is 11.8 Å². The molecular formula is C13H27NO2. The van der Waals surface area contributed by atoms with E-state index in [1.54, 1.807) is 0 Å². The first-order chi connectivity index (χ1) is 7.34. The Kier molecular flexibility index (Phi) is 4.77. The summed E-state index contributed by atoms with van der Waals surface area (Å²) >= 11 is 0. The standard InChI is InChI=1S/C13H27NO2/c1-8(2)7-10-12(15)11(14(5)6)13(16-10)9(3)4/h8-13,15H,7H2,1-6H3/t10-,11-,12-,13+/m1/s1. The van der Waals surface area contributed by atoms with Crippen molar-refractivity contribution in [2.45, 2.75) is 58.5 Å². The van der Waals surface area contributed by atoms with Crippen molar-refractivity contribution in [3.63, 3.8) is 0 Å². The molecule has 0 aliphatic carbocycles. The molecule has 0 aromatic carbocycles. The minimum absolute atomic E-state index is 0.000185. The van der Waals surface area contributed by atoms with Gasteiger partial charge in [0.05, 0.1) is 24.4 Å². The molecule has 1 aliphatic heterocycles. The van der Waals surface area contributed by atoms with E-state index in [0.717, 1.165) is 6.42 Å². The second-order valence-electron chi connectivity index (χ2n) is 5.96. The fraction of sp³-hybridized carbons (Fsp3) is 1.00. The summed E-state index contributed by atoms with van der Waals surface area (Å²) in [4.78, 5) is 2.09. The summed E-state index contributed by atoms with van der Waals surface area (Å²) in [6.07, 6.45) is 0.729. The van der Waals surface area contributed by atoms with Crippen LogP contribution in [0, 0.1) is 11.8 Å². The van der Waals surface area contributed by atoms with Crippen LogP contribution in [0.2, 0.25) is 0 Å². The number of likely N-dealkylation sites (N-methyl/N-ethyl adjacent to an activating group) is 1. The maximum Gasteiger partial charge on any atom is 0.0981 e. The molecule has 0 aromatic rings. The molecule has 0 amide bonds. The SMILES string of the molecule is CC(C)C[C@H]1O[C@@H](C(C)C)[C@H](N(C)C)[C@@H]1O. The summed E-state index contributed by atoms with van der Waals surface area (Å²) in [5, 5.41) is 10.3. The van der Waals surface area contributed by atoms with Crippen molar-refractivity contribution in [2.75, 3.05) is 14.1 Å². The quantitative estimate of drug-likeness (QED) is 0.797. The molecule has 16 heavy (non-hydrogen) atoms. The zero-order valence-corrected chi connectivity index (χ0v) is 11.5. The van der Waals surface area contributed by atoms with Gasteiger partial charge in [0.15, 0.2) is 0 Å². The summed E-state index contributed by atoms with van der Waals surface area (Å²) in [5.74, 6) is 1.01. The van der Waals surface area contributed by atoms with Gasteiger partial charge in [-0.15, -0.1) is 0 Å². The van der Waals surface area contributed by atoms with E-state index < -0.39 is 0 Å². The molecule has 4 atom stereocenters. The number of aliphatic hydroxyl groups is 1. The number of nitrogens with zero attached hydrogens (tertiary/aromatic N) is 1. The summed E-state index contributed by atoms with van der Waals surface area (Å²) in [5.41, 5.74) is 0. The maximum absolute atomic E-state index is 10.3. The van der Waals surface area contributed by atoms with Gasteiger partial charge in [-0.25, -0.2) is 0 Å². The Morgan fingerprint density at radius 2 is 1.75 bits per heavy atom. The smallest absolute Gasteiger partial charge is 0.0981 e. The summed E-state index contributed by atoms with van der Waals surface area (Å²) in [6.45, 7) is 8.66. The summed E-state index contributed by atoms with van der Waals surface area (Å²) in [6, 6.07) is 0.128. The van der Waals surface area contributed by atoms with Gasteiger partial charge in [-0.3, -0.25) is 0 Å². The fourth-order valence-electron chi connectivity index (χ4n) is 2.59. The Bertz CT molecular complexity index is 216. The zero-order valence-electron chi connectivity index (χ0n) is 11.5. The number of rotatable bonds is 4. The van der Waals surface area contributed by atoms with Gasteiger partial charge in [-0.05, 0) is 32.4 Å².